The summed E-state index contributed by atoms with van der Waals surface area (Å²) in [6.07, 6.45) is -2.60. The summed E-state index contributed by atoms with van der Waals surface area (Å²) < 4.78 is 47.9. The van der Waals surface area contributed by atoms with E-state index in [0.717, 1.165) is 32.5 Å². The van der Waals surface area contributed by atoms with Crippen LogP contribution in [0.3, 0.4) is 0 Å². The number of rotatable bonds is 4. The predicted octanol–water partition coefficient (Wildman–Crippen LogP) is 3.31. The molecule has 27 heavy (non-hydrogen) atoms. The fourth-order valence-corrected chi connectivity index (χ4v) is 3.65. The van der Waals surface area contributed by atoms with E-state index < -0.39 is 17.9 Å². The number of ether oxygens (including phenoxy) is 1. The van der Waals surface area contributed by atoms with Crippen molar-refractivity contribution in [3.8, 4) is 11.8 Å². The molecule has 0 aliphatic carbocycles. The van der Waals surface area contributed by atoms with Crippen LogP contribution >= 0.6 is 0 Å². The van der Waals surface area contributed by atoms with Crippen LogP contribution in [0, 0.1) is 5.92 Å². The molecule has 3 fully saturated rings. The first-order chi connectivity index (χ1) is 12.9. The van der Waals surface area contributed by atoms with Gasteiger partial charge in [0.25, 0.3) is 5.91 Å². The van der Waals surface area contributed by atoms with Gasteiger partial charge >= 0.3 is 12.3 Å². The minimum absolute atomic E-state index is 0.0617. The number of hydrogen-bond acceptors (Lipinski definition) is 5. The molecule has 4 heterocycles. The van der Waals surface area contributed by atoms with Crippen LogP contribution in [-0.2, 0) is 6.18 Å². The van der Waals surface area contributed by atoms with E-state index in [2.05, 4.69) is 15.2 Å². The van der Waals surface area contributed by atoms with Crippen molar-refractivity contribution in [3.63, 3.8) is 0 Å². The number of piperidine rings is 3. The van der Waals surface area contributed by atoms with Gasteiger partial charge in [-0.05, 0) is 44.0 Å². The number of nitrogens with one attached hydrogen (secondary N) is 1. The van der Waals surface area contributed by atoms with Gasteiger partial charge in [-0.25, -0.2) is 0 Å². The van der Waals surface area contributed by atoms with E-state index in [1.54, 1.807) is 18.2 Å². The van der Waals surface area contributed by atoms with E-state index >= 15 is 0 Å². The predicted molar refractivity (Wildman–Crippen MR) is 88.4 cm³/mol. The zero-order valence-electron chi connectivity index (χ0n) is 14.3. The molecule has 1 aromatic carbocycles. The van der Waals surface area contributed by atoms with E-state index in [1.807, 2.05) is 0 Å². The van der Waals surface area contributed by atoms with Crippen LogP contribution in [0.15, 0.2) is 34.9 Å². The molecule has 0 saturated carbocycles. The van der Waals surface area contributed by atoms with Crippen molar-refractivity contribution in [2.75, 3.05) is 19.6 Å². The minimum Gasteiger partial charge on any atom is -0.417 e. The lowest BCUT2D eigenvalue weighted by Gasteiger charge is -2.44. The van der Waals surface area contributed by atoms with Gasteiger partial charge in [0, 0.05) is 12.6 Å². The molecule has 2 aromatic rings. The lowest BCUT2D eigenvalue weighted by atomic mass is 9.84. The van der Waals surface area contributed by atoms with Crippen molar-refractivity contribution < 1.29 is 27.1 Å². The van der Waals surface area contributed by atoms with Gasteiger partial charge in [0.1, 0.15) is 12.0 Å². The Morgan fingerprint density at radius 1 is 1.26 bits per heavy atom. The molecular weight excluding hydrogens is 363 g/mol. The average molecular weight is 381 g/mol. The summed E-state index contributed by atoms with van der Waals surface area (Å²) in [6, 6.07) is 6.39. The third-order valence-corrected chi connectivity index (χ3v) is 5.08. The van der Waals surface area contributed by atoms with Crippen LogP contribution in [0.25, 0.3) is 0 Å². The molecule has 9 heteroatoms. The molecule has 1 aromatic heterocycles. The first kappa shape index (κ1) is 17.8. The lowest BCUT2D eigenvalue weighted by Crippen LogP contribution is -2.57. The van der Waals surface area contributed by atoms with E-state index in [4.69, 9.17) is 9.15 Å². The number of aromatic nitrogens is 1. The molecular formula is C18H18F3N3O3. The van der Waals surface area contributed by atoms with Crippen LogP contribution in [0.5, 0.6) is 11.8 Å². The van der Waals surface area contributed by atoms with Crippen LogP contribution in [0.2, 0.25) is 0 Å². The van der Waals surface area contributed by atoms with E-state index in [0.29, 0.717) is 12.2 Å². The Labute approximate surface area is 153 Å². The number of amides is 1. The van der Waals surface area contributed by atoms with Crippen LogP contribution < -0.4 is 10.1 Å². The van der Waals surface area contributed by atoms with E-state index in [1.165, 1.54) is 6.07 Å². The first-order valence-corrected chi connectivity index (χ1v) is 8.73. The molecule has 5 rings (SSSR count). The number of fused-ring (bicyclic) bond motifs is 3. The quantitative estimate of drug-likeness (QED) is 0.880. The highest BCUT2D eigenvalue weighted by atomic mass is 19.4. The second kappa shape index (κ2) is 6.88. The maximum absolute atomic E-state index is 12.7. The van der Waals surface area contributed by atoms with Crippen LogP contribution in [-0.4, -0.2) is 41.5 Å². The Bertz CT molecular complexity index is 828. The van der Waals surface area contributed by atoms with Crippen molar-refractivity contribution in [3.05, 3.63) is 41.8 Å². The molecule has 3 aliphatic heterocycles. The highest BCUT2D eigenvalue weighted by Gasteiger charge is 2.36. The SMILES string of the molecule is O=C(N[C@H]1CN2CCC1CC2)c1ccccc1Oc1nc(C(F)(F)F)co1. The number of nitrogens with zero attached hydrogens (tertiary/aromatic N) is 2. The molecule has 1 N–H and O–H groups in total. The van der Waals surface area contributed by atoms with Crippen molar-refractivity contribution in [1.82, 2.24) is 15.2 Å². The summed E-state index contributed by atoms with van der Waals surface area (Å²) in [6.45, 7) is 2.93. The van der Waals surface area contributed by atoms with Crippen LogP contribution in [0.4, 0.5) is 13.2 Å². The van der Waals surface area contributed by atoms with Gasteiger partial charge in [-0.2, -0.15) is 18.2 Å². The maximum Gasteiger partial charge on any atom is 0.436 e. The Kier molecular flexibility index (Phi) is 4.55. The fraction of sp³-hybridized carbons (Fsp3) is 0.444. The number of benzene rings is 1. The van der Waals surface area contributed by atoms with Crippen LogP contribution in [0.1, 0.15) is 28.9 Å². The third kappa shape index (κ3) is 3.78. The molecule has 0 radical (unpaired) electrons. The highest BCUT2D eigenvalue weighted by Crippen LogP contribution is 2.32. The Morgan fingerprint density at radius 2 is 2.00 bits per heavy atom. The molecule has 3 aliphatic rings. The number of para-hydroxylation sites is 1. The fourth-order valence-electron chi connectivity index (χ4n) is 3.65. The zero-order valence-corrected chi connectivity index (χ0v) is 14.3. The summed E-state index contributed by atoms with van der Waals surface area (Å²) in [4.78, 5) is 18.3. The summed E-state index contributed by atoms with van der Waals surface area (Å²) >= 11 is 0. The second-order valence-corrected chi connectivity index (χ2v) is 6.81. The Balaban J connectivity index is 1.49. The average Bonchev–Trinajstić information content (AvgIpc) is 3.12. The standard InChI is InChI=1S/C18H18F3N3O3/c19-18(20,21)15-10-26-17(23-15)27-14-4-2-1-3-12(14)16(25)22-13-9-24-7-5-11(13)6-8-24/h1-4,10-11,13H,5-9H2,(H,22,25)/t13-/m0/s1. The zero-order chi connectivity index (χ0) is 19.0. The van der Waals surface area contributed by atoms with Gasteiger partial charge in [-0.1, -0.05) is 12.1 Å². The van der Waals surface area contributed by atoms with Gasteiger partial charge in [0.15, 0.2) is 5.69 Å². The number of carbonyl (C=O) groups excluding carboxylic acids is 1. The van der Waals surface area contributed by atoms with Gasteiger partial charge < -0.3 is 19.4 Å². The molecule has 6 nitrogen and oxygen atoms in total. The number of hydrogen-bond donors (Lipinski definition) is 1. The van der Waals surface area contributed by atoms with Gasteiger partial charge in [-0.3, -0.25) is 4.79 Å². The largest absolute Gasteiger partial charge is 0.436 e. The number of carbonyl (C=O) groups is 1. The summed E-state index contributed by atoms with van der Waals surface area (Å²) in [5.41, 5.74) is -0.965. The molecule has 0 spiro atoms. The highest BCUT2D eigenvalue weighted by molar-refractivity contribution is 5.97. The second-order valence-electron chi connectivity index (χ2n) is 6.81. The topological polar surface area (TPSA) is 67.6 Å². The lowest BCUT2D eigenvalue weighted by molar-refractivity contribution is -0.141. The summed E-state index contributed by atoms with van der Waals surface area (Å²) in [5.74, 6) is 0.215. The van der Waals surface area contributed by atoms with Crippen molar-refractivity contribution in [1.29, 1.82) is 0 Å². The number of oxazole rings is 1. The van der Waals surface area contributed by atoms with E-state index in [9.17, 15) is 18.0 Å². The molecule has 1 atom stereocenters. The van der Waals surface area contributed by atoms with Crippen molar-refractivity contribution in [2.24, 2.45) is 5.92 Å². The van der Waals surface area contributed by atoms with Crippen molar-refractivity contribution in [2.45, 2.75) is 25.1 Å². The summed E-state index contributed by atoms with van der Waals surface area (Å²) in [5, 5.41) is 3.03. The maximum atomic E-state index is 12.7. The van der Waals surface area contributed by atoms with Gasteiger partial charge in [0.05, 0.1) is 5.56 Å². The third-order valence-electron chi connectivity index (χ3n) is 5.08. The molecule has 1 amide bonds. The normalized spacial score (nSPS) is 24.6. The molecule has 2 bridgehead atoms. The van der Waals surface area contributed by atoms with E-state index in [-0.39, 0.29) is 23.3 Å². The summed E-state index contributed by atoms with van der Waals surface area (Å²) in [7, 11) is 0. The van der Waals surface area contributed by atoms with Gasteiger partial charge in [0.2, 0.25) is 0 Å². The Morgan fingerprint density at radius 3 is 2.63 bits per heavy atom. The molecule has 144 valence electrons. The minimum atomic E-state index is -4.63. The molecule has 3 saturated heterocycles. The monoisotopic (exact) mass is 381 g/mol. The number of alkyl halides is 3. The van der Waals surface area contributed by atoms with Gasteiger partial charge in [-0.15, -0.1) is 0 Å². The molecule has 0 unspecified atom stereocenters. The first-order valence-electron chi connectivity index (χ1n) is 8.73. The number of halogens is 3. The smallest absolute Gasteiger partial charge is 0.417 e. The van der Waals surface area contributed by atoms with Crippen molar-refractivity contribution >= 4 is 5.91 Å². The Hall–Kier alpha value is -2.55.